The van der Waals surface area contributed by atoms with Crippen molar-refractivity contribution in [3.8, 4) is 0 Å². The van der Waals surface area contributed by atoms with Crippen LogP contribution in [0.5, 0.6) is 0 Å². The van der Waals surface area contributed by atoms with Crippen LogP contribution in [0.1, 0.15) is 33.2 Å². The molecule has 6 heteroatoms. The van der Waals surface area contributed by atoms with Crippen molar-refractivity contribution < 1.29 is 23.9 Å². The number of ether oxygens (including phenoxy) is 2. The average Bonchev–Trinajstić information content (AvgIpc) is 2.62. The van der Waals surface area contributed by atoms with Gasteiger partial charge in [-0.15, -0.1) is 0 Å². The van der Waals surface area contributed by atoms with Gasteiger partial charge >= 0.3 is 11.9 Å². The highest BCUT2D eigenvalue weighted by Gasteiger charge is 2.31. The molecule has 0 saturated carbocycles. The van der Waals surface area contributed by atoms with E-state index in [1.54, 1.807) is 43.3 Å². The molecule has 1 heterocycles. The van der Waals surface area contributed by atoms with E-state index in [4.69, 9.17) is 9.47 Å². The summed E-state index contributed by atoms with van der Waals surface area (Å²) >= 11 is 0. The molecule has 25 heavy (non-hydrogen) atoms. The topological polar surface area (TPSA) is 81.7 Å². The van der Waals surface area contributed by atoms with Gasteiger partial charge in [-0.3, -0.25) is 4.79 Å². The molecular formula is C19H17NO5. The van der Waals surface area contributed by atoms with Crippen molar-refractivity contribution in [3.63, 3.8) is 0 Å². The number of amides is 1. The van der Waals surface area contributed by atoms with Crippen molar-refractivity contribution in [1.82, 2.24) is 0 Å². The van der Waals surface area contributed by atoms with Crippen molar-refractivity contribution in [2.75, 3.05) is 11.9 Å². The van der Waals surface area contributed by atoms with Crippen molar-refractivity contribution in [2.24, 2.45) is 0 Å². The minimum atomic E-state index is -0.882. The number of anilines is 1. The molecule has 1 atom stereocenters. The molecule has 0 bridgehead atoms. The maximum absolute atomic E-state index is 12.4. The molecule has 2 aromatic carbocycles. The second-order valence-corrected chi connectivity index (χ2v) is 5.54. The van der Waals surface area contributed by atoms with Crippen molar-refractivity contribution in [3.05, 3.63) is 65.2 Å². The second-order valence-electron chi connectivity index (χ2n) is 5.54. The van der Waals surface area contributed by atoms with E-state index in [0.29, 0.717) is 29.8 Å². The van der Waals surface area contributed by atoms with Crippen LogP contribution in [-0.4, -0.2) is 30.6 Å². The zero-order chi connectivity index (χ0) is 17.8. The van der Waals surface area contributed by atoms with Crippen LogP contribution in [0.3, 0.4) is 0 Å². The molecule has 1 amide bonds. The van der Waals surface area contributed by atoms with Crippen LogP contribution in [0.25, 0.3) is 0 Å². The Balaban J connectivity index is 1.67. The van der Waals surface area contributed by atoms with Crippen LogP contribution in [0.2, 0.25) is 0 Å². The molecule has 0 spiro atoms. The first kappa shape index (κ1) is 16.7. The van der Waals surface area contributed by atoms with Gasteiger partial charge in [0.2, 0.25) is 0 Å². The van der Waals surface area contributed by atoms with Gasteiger partial charge in [-0.2, -0.15) is 0 Å². The van der Waals surface area contributed by atoms with Gasteiger partial charge in [0.1, 0.15) is 0 Å². The Kier molecular flexibility index (Phi) is 4.79. The summed E-state index contributed by atoms with van der Waals surface area (Å²) in [4.78, 5) is 36.0. The van der Waals surface area contributed by atoms with Crippen LogP contribution < -0.4 is 5.32 Å². The number of nitrogens with one attached hydrogen (secondary N) is 1. The standard InChI is InChI=1S/C19H17NO5/c1-2-24-18(22)12-7-9-14(10-8-12)20-17(21)16-11-13-5-3-4-6-15(13)19(23)25-16/h3-10,16H,2,11H2,1H3,(H,20,21)/t16-/m1/s1. The van der Waals surface area contributed by atoms with Gasteiger partial charge in [-0.25, -0.2) is 9.59 Å². The minimum absolute atomic E-state index is 0.297. The molecule has 1 N–H and O–H groups in total. The minimum Gasteiger partial charge on any atom is -0.462 e. The Morgan fingerprint density at radius 1 is 1.16 bits per heavy atom. The van der Waals surface area contributed by atoms with Crippen LogP contribution in [-0.2, 0) is 20.7 Å². The van der Waals surface area contributed by atoms with Crippen LogP contribution in [0.15, 0.2) is 48.5 Å². The van der Waals surface area contributed by atoms with Gasteiger partial charge in [0, 0.05) is 12.1 Å². The van der Waals surface area contributed by atoms with Gasteiger partial charge in [0.15, 0.2) is 6.10 Å². The Bertz CT molecular complexity index is 813. The molecule has 0 saturated heterocycles. The normalized spacial score (nSPS) is 15.7. The Hall–Kier alpha value is -3.15. The van der Waals surface area contributed by atoms with Crippen molar-refractivity contribution in [1.29, 1.82) is 0 Å². The summed E-state index contributed by atoms with van der Waals surface area (Å²) in [5.74, 6) is -1.33. The summed E-state index contributed by atoms with van der Waals surface area (Å²) in [6.07, 6.45) is -0.554. The third-order valence-electron chi connectivity index (χ3n) is 3.85. The van der Waals surface area contributed by atoms with Crippen LogP contribution in [0.4, 0.5) is 5.69 Å². The molecule has 0 aromatic heterocycles. The van der Waals surface area contributed by atoms with Crippen LogP contribution >= 0.6 is 0 Å². The summed E-state index contributed by atoms with van der Waals surface area (Å²) in [5, 5.41) is 2.69. The molecule has 0 radical (unpaired) electrons. The quantitative estimate of drug-likeness (QED) is 0.866. The van der Waals surface area contributed by atoms with E-state index in [2.05, 4.69) is 5.32 Å². The molecule has 1 aliphatic rings. The summed E-state index contributed by atoms with van der Waals surface area (Å²) in [6.45, 7) is 2.03. The lowest BCUT2D eigenvalue weighted by atomic mass is 9.98. The predicted molar refractivity (Wildman–Crippen MR) is 90.4 cm³/mol. The first-order valence-electron chi connectivity index (χ1n) is 7.95. The highest BCUT2D eigenvalue weighted by Crippen LogP contribution is 2.21. The molecule has 0 fully saturated rings. The third-order valence-corrected chi connectivity index (χ3v) is 3.85. The molecular weight excluding hydrogens is 322 g/mol. The molecule has 0 unspecified atom stereocenters. The fourth-order valence-electron chi connectivity index (χ4n) is 2.60. The van der Waals surface area contributed by atoms with E-state index in [0.717, 1.165) is 5.56 Å². The third kappa shape index (κ3) is 3.68. The molecule has 1 aliphatic heterocycles. The van der Waals surface area contributed by atoms with E-state index >= 15 is 0 Å². The van der Waals surface area contributed by atoms with Gasteiger partial charge in [0.05, 0.1) is 17.7 Å². The molecule has 0 aliphatic carbocycles. The van der Waals surface area contributed by atoms with Crippen molar-refractivity contribution >= 4 is 23.5 Å². The second kappa shape index (κ2) is 7.17. The predicted octanol–water partition coefficient (Wildman–Crippen LogP) is 2.58. The van der Waals surface area contributed by atoms with Crippen LogP contribution in [0, 0.1) is 0 Å². The molecule has 3 rings (SSSR count). The summed E-state index contributed by atoms with van der Waals surface area (Å²) in [7, 11) is 0. The fraction of sp³-hybridized carbons (Fsp3) is 0.211. The maximum Gasteiger partial charge on any atom is 0.339 e. The average molecular weight is 339 g/mol. The van der Waals surface area contributed by atoms with E-state index in [1.165, 1.54) is 0 Å². The van der Waals surface area contributed by atoms with Gasteiger partial charge in [0.25, 0.3) is 5.91 Å². The largest absolute Gasteiger partial charge is 0.462 e. The number of esters is 2. The molecule has 128 valence electrons. The van der Waals surface area contributed by atoms with E-state index in [9.17, 15) is 14.4 Å². The maximum atomic E-state index is 12.4. The lowest BCUT2D eigenvalue weighted by molar-refractivity contribution is -0.125. The lowest BCUT2D eigenvalue weighted by Crippen LogP contribution is -2.37. The summed E-state index contributed by atoms with van der Waals surface area (Å²) in [6, 6.07) is 13.4. The number of benzene rings is 2. The zero-order valence-corrected chi connectivity index (χ0v) is 13.7. The highest BCUT2D eigenvalue weighted by atomic mass is 16.5. The Labute approximate surface area is 144 Å². The van der Waals surface area contributed by atoms with Gasteiger partial charge in [-0.05, 0) is 42.8 Å². The number of carbonyl (C=O) groups excluding carboxylic acids is 3. The number of carbonyl (C=O) groups is 3. The number of hydrogen-bond acceptors (Lipinski definition) is 5. The zero-order valence-electron chi connectivity index (χ0n) is 13.7. The SMILES string of the molecule is CCOC(=O)c1ccc(NC(=O)[C@H]2Cc3ccccc3C(=O)O2)cc1. The number of cyclic esters (lactones) is 1. The monoisotopic (exact) mass is 339 g/mol. The first-order chi connectivity index (χ1) is 12.1. The highest BCUT2D eigenvalue weighted by molar-refractivity contribution is 6.00. The van der Waals surface area contributed by atoms with Gasteiger partial charge < -0.3 is 14.8 Å². The van der Waals surface area contributed by atoms with Gasteiger partial charge in [-0.1, -0.05) is 18.2 Å². The Morgan fingerprint density at radius 2 is 1.88 bits per heavy atom. The number of fused-ring (bicyclic) bond motifs is 1. The summed E-state index contributed by atoms with van der Waals surface area (Å²) < 4.78 is 10.1. The molecule has 2 aromatic rings. The Morgan fingerprint density at radius 3 is 2.60 bits per heavy atom. The smallest absolute Gasteiger partial charge is 0.339 e. The van der Waals surface area contributed by atoms with E-state index < -0.39 is 23.9 Å². The van der Waals surface area contributed by atoms with E-state index in [1.807, 2.05) is 12.1 Å². The molecule has 6 nitrogen and oxygen atoms in total. The lowest BCUT2D eigenvalue weighted by Gasteiger charge is -2.23. The number of rotatable bonds is 4. The van der Waals surface area contributed by atoms with E-state index in [-0.39, 0.29) is 0 Å². The number of hydrogen-bond donors (Lipinski definition) is 1. The fourth-order valence-corrected chi connectivity index (χ4v) is 2.60. The first-order valence-corrected chi connectivity index (χ1v) is 7.95. The van der Waals surface area contributed by atoms with Crippen molar-refractivity contribution in [2.45, 2.75) is 19.4 Å². The summed E-state index contributed by atoms with van der Waals surface area (Å²) in [5.41, 5.74) is 2.19.